The largest absolute Gasteiger partial charge is 0.344 e. The van der Waals surface area contributed by atoms with Gasteiger partial charge in [-0.15, -0.1) is 5.92 Å². The second-order valence-corrected chi connectivity index (χ2v) is 4.31. The van der Waals surface area contributed by atoms with Gasteiger partial charge >= 0.3 is 0 Å². The molecule has 1 aromatic carbocycles. The van der Waals surface area contributed by atoms with E-state index in [2.05, 4.69) is 42.4 Å². The lowest BCUT2D eigenvalue weighted by molar-refractivity contribution is 0.725. The van der Waals surface area contributed by atoms with Gasteiger partial charge in [-0.3, -0.25) is 0 Å². The molecule has 1 atom stereocenters. The van der Waals surface area contributed by atoms with Crippen LogP contribution in [0.2, 0.25) is 0 Å². The summed E-state index contributed by atoms with van der Waals surface area (Å²) < 4.78 is 2.27. The molecule has 0 bridgehead atoms. The van der Waals surface area contributed by atoms with Gasteiger partial charge in [-0.1, -0.05) is 5.92 Å². The topological polar surface area (TPSA) is 28.7 Å². The molecule has 0 N–H and O–H groups in total. The van der Waals surface area contributed by atoms with Crippen LogP contribution in [0.25, 0.3) is 10.9 Å². The second-order valence-electron chi connectivity index (χ2n) is 4.31. The third kappa shape index (κ3) is 1.98. The SMILES string of the molecule is CC#CC(C)c1cc2cc(C#N)ccc2n1CC. The predicted octanol–water partition coefficient (Wildman–Crippen LogP) is 3.66. The molecular weight excluding hydrogens is 220 g/mol. The summed E-state index contributed by atoms with van der Waals surface area (Å²) in [5.41, 5.74) is 3.10. The first-order valence-electron chi connectivity index (χ1n) is 6.16. The molecule has 0 radical (unpaired) electrons. The van der Waals surface area contributed by atoms with Gasteiger partial charge in [0.1, 0.15) is 0 Å². The van der Waals surface area contributed by atoms with Gasteiger partial charge in [-0.05, 0) is 45.0 Å². The molecule has 18 heavy (non-hydrogen) atoms. The quantitative estimate of drug-likeness (QED) is 0.731. The van der Waals surface area contributed by atoms with Crippen molar-refractivity contribution in [1.29, 1.82) is 5.26 Å². The van der Waals surface area contributed by atoms with Crippen molar-refractivity contribution in [1.82, 2.24) is 4.57 Å². The van der Waals surface area contributed by atoms with E-state index in [0.29, 0.717) is 5.56 Å². The van der Waals surface area contributed by atoms with Crippen LogP contribution in [-0.2, 0) is 6.54 Å². The number of nitrogens with zero attached hydrogens (tertiary/aromatic N) is 2. The van der Waals surface area contributed by atoms with E-state index in [1.807, 2.05) is 25.1 Å². The summed E-state index contributed by atoms with van der Waals surface area (Å²) in [4.78, 5) is 0. The van der Waals surface area contributed by atoms with Crippen LogP contribution in [0.1, 0.15) is 37.9 Å². The molecule has 0 aliphatic carbocycles. The standard InChI is InChI=1S/C16H16N2/c1-4-6-12(3)16-10-14-9-13(11-17)7-8-15(14)18(16)5-2/h7-10,12H,5H2,1-3H3. The summed E-state index contributed by atoms with van der Waals surface area (Å²) in [5, 5.41) is 10.1. The van der Waals surface area contributed by atoms with Gasteiger partial charge in [0.15, 0.2) is 0 Å². The molecule has 0 amide bonds. The number of nitriles is 1. The van der Waals surface area contributed by atoms with Crippen molar-refractivity contribution in [2.75, 3.05) is 0 Å². The zero-order valence-corrected chi connectivity index (χ0v) is 11.0. The van der Waals surface area contributed by atoms with Gasteiger partial charge < -0.3 is 4.57 Å². The van der Waals surface area contributed by atoms with Crippen molar-refractivity contribution in [3.8, 4) is 17.9 Å². The Hall–Kier alpha value is -2.19. The molecule has 2 aromatic rings. The fourth-order valence-electron chi connectivity index (χ4n) is 2.36. The number of aryl methyl sites for hydroxylation is 1. The second kappa shape index (κ2) is 4.98. The smallest absolute Gasteiger partial charge is 0.0991 e. The Morgan fingerprint density at radius 2 is 2.11 bits per heavy atom. The number of aromatic nitrogens is 1. The minimum atomic E-state index is 0.216. The molecule has 0 fully saturated rings. The fraction of sp³-hybridized carbons (Fsp3) is 0.312. The molecule has 0 aliphatic rings. The third-order valence-corrected chi connectivity index (χ3v) is 3.18. The molecule has 2 nitrogen and oxygen atoms in total. The lowest BCUT2D eigenvalue weighted by Gasteiger charge is -2.10. The molecule has 0 aliphatic heterocycles. The summed E-state index contributed by atoms with van der Waals surface area (Å²) in [5.74, 6) is 6.37. The van der Waals surface area contributed by atoms with Gasteiger partial charge in [0.05, 0.1) is 17.6 Å². The Kier molecular flexibility index (Phi) is 3.40. The van der Waals surface area contributed by atoms with Gasteiger partial charge in [-0.25, -0.2) is 0 Å². The summed E-state index contributed by atoms with van der Waals surface area (Å²) in [7, 11) is 0. The van der Waals surface area contributed by atoms with Crippen molar-refractivity contribution in [3.05, 3.63) is 35.5 Å². The maximum absolute atomic E-state index is 8.94. The molecule has 0 saturated heterocycles. The first-order chi connectivity index (χ1) is 8.71. The van der Waals surface area contributed by atoms with Gasteiger partial charge in [-0.2, -0.15) is 5.26 Å². The normalized spacial score (nSPS) is 11.7. The van der Waals surface area contributed by atoms with Crippen molar-refractivity contribution in [2.24, 2.45) is 0 Å². The molecule has 0 saturated carbocycles. The fourth-order valence-corrected chi connectivity index (χ4v) is 2.36. The van der Waals surface area contributed by atoms with Gasteiger partial charge in [0, 0.05) is 23.1 Å². The number of fused-ring (bicyclic) bond motifs is 1. The van der Waals surface area contributed by atoms with Crippen molar-refractivity contribution < 1.29 is 0 Å². The average molecular weight is 236 g/mol. The lowest BCUT2D eigenvalue weighted by Crippen LogP contribution is -2.02. The van der Waals surface area contributed by atoms with E-state index >= 15 is 0 Å². The van der Waals surface area contributed by atoms with Crippen LogP contribution < -0.4 is 0 Å². The van der Waals surface area contributed by atoms with E-state index in [4.69, 9.17) is 5.26 Å². The predicted molar refractivity (Wildman–Crippen MR) is 74.2 cm³/mol. The summed E-state index contributed by atoms with van der Waals surface area (Å²) >= 11 is 0. The first kappa shape index (κ1) is 12.3. The number of rotatable bonds is 2. The first-order valence-corrected chi connectivity index (χ1v) is 6.16. The minimum Gasteiger partial charge on any atom is -0.344 e. The zero-order chi connectivity index (χ0) is 13.1. The molecule has 1 aromatic heterocycles. The van der Waals surface area contributed by atoms with Crippen LogP contribution in [0, 0.1) is 23.2 Å². The number of hydrogen-bond donors (Lipinski definition) is 0. The Morgan fingerprint density at radius 3 is 2.72 bits per heavy atom. The van der Waals surface area contributed by atoms with Crippen molar-refractivity contribution in [3.63, 3.8) is 0 Å². The van der Waals surface area contributed by atoms with E-state index in [-0.39, 0.29) is 5.92 Å². The maximum atomic E-state index is 8.94. The third-order valence-electron chi connectivity index (χ3n) is 3.18. The lowest BCUT2D eigenvalue weighted by atomic mass is 10.1. The maximum Gasteiger partial charge on any atom is 0.0991 e. The van der Waals surface area contributed by atoms with E-state index < -0.39 is 0 Å². The average Bonchev–Trinajstić information content (AvgIpc) is 2.76. The van der Waals surface area contributed by atoms with E-state index in [0.717, 1.165) is 11.9 Å². The van der Waals surface area contributed by atoms with Crippen molar-refractivity contribution >= 4 is 10.9 Å². The number of benzene rings is 1. The summed E-state index contributed by atoms with van der Waals surface area (Å²) in [6, 6.07) is 10.2. The molecular formula is C16H16N2. The summed E-state index contributed by atoms with van der Waals surface area (Å²) in [6.07, 6.45) is 0. The Labute approximate surface area is 108 Å². The van der Waals surface area contributed by atoms with Crippen LogP contribution in [0.4, 0.5) is 0 Å². The summed E-state index contributed by atoms with van der Waals surface area (Å²) in [6.45, 7) is 7.03. The highest BCUT2D eigenvalue weighted by Crippen LogP contribution is 2.26. The van der Waals surface area contributed by atoms with Crippen LogP contribution in [0.5, 0.6) is 0 Å². The van der Waals surface area contributed by atoms with E-state index in [9.17, 15) is 0 Å². The Bertz CT molecular complexity index is 675. The van der Waals surface area contributed by atoms with Crippen LogP contribution >= 0.6 is 0 Å². The molecule has 1 unspecified atom stereocenters. The molecule has 2 rings (SSSR count). The molecule has 0 spiro atoms. The van der Waals surface area contributed by atoms with Crippen LogP contribution in [0.3, 0.4) is 0 Å². The minimum absolute atomic E-state index is 0.216. The van der Waals surface area contributed by atoms with Gasteiger partial charge in [0.2, 0.25) is 0 Å². The van der Waals surface area contributed by atoms with E-state index in [1.165, 1.54) is 11.2 Å². The monoisotopic (exact) mass is 236 g/mol. The molecule has 1 heterocycles. The van der Waals surface area contributed by atoms with Crippen molar-refractivity contribution in [2.45, 2.75) is 33.2 Å². The van der Waals surface area contributed by atoms with Crippen LogP contribution in [-0.4, -0.2) is 4.57 Å². The van der Waals surface area contributed by atoms with Gasteiger partial charge in [0.25, 0.3) is 0 Å². The highest BCUT2D eigenvalue weighted by Gasteiger charge is 2.12. The molecule has 90 valence electrons. The highest BCUT2D eigenvalue weighted by molar-refractivity contribution is 5.83. The Balaban J connectivity index is 2.67. The van der Waals surface area contributed by atoms with Crippen LogP contribution in [0.15, 0.2) is 24.3 Å². The van der Waals surface area contributed by atoms with E-state index in [1.54, 1.807) is 0 Å². The molecule has 2 heteroatoms. The number of hydrogen-bond acceptors (Lipinski definition) is 1. The highest BCUT2D eigenvalue weighted by atomic mass is 15.0. The zero-order valence-electron chi connectivity index (χ0n) is 11.0. The Morgan fingerprint density at radius 1 is 1.33 bits per heavy atom.